The van der Waals surface area contributed by atoms with Crippen molar-refractivity contribution in [2.75, 3.05) is 13.2 Å². The normalized spacial score (nSPS) is 13.9. The number of carboxylic acids is 1. The molecule has 2 aromatic heterocycles. The fourth-order valence-electron chi connectivity index (χ4n) is 3.70. The van der Waals surface area contributed by atoms with Crippen LogP contribution < -0.4 is 10.9 Å². The number of nitrogens with one attached hydrogen (secondary N) is 2. The lowest BCUT2D eigenvalue weighted by atomic mass is 9.95. The summed E-state index contributed by atoms with van der Waals surface area (Å²) in [5, 5.41) is 11.8. The molecule has 172 valence electrons. The molecular formula is C23H28BrN3O5. The Morgan fingerprint density at radius 1 is 1.22 bits per heavy atom. The van der Waals surface area contributed by atoms with Crippen molar-refractivity contribution in [1.29, 1.82) is 0 Å². The number of carbonyl (C=O) groups is 2. The van der Waals surface area contributed by atoms with E-state index < -0.39 is 23.5 Å². The third-order valence-corrected chi connectivity index (χ3v) is 6.14. The topological polar surface area (TPSA) is 121 Å². The number of pyridine rings is 2. The maximum Gasteiger partial charge on any atom is 0.326 e. The maximum absolute atomic E-state index is 12.3. The summed E-state index contributed by atoms with van der Waals surface area (Å²) in [6.07, 6.45) is 8.85. The Morgan fingerprint density at radius 2 is 2.03 bits per heavy atom. The van der Waals surface area contributed by atoms with Gasteiger partial charge in [-0.1, -0.05) is 6.07 Å². The van der Waals surface area contributed by atoms with Crippen LogP contribution in [0.2, 0.25) is 0 Å². The van der Waals surface area contributed by atoms with Crippen molar-refractivity contribution in [3.63, 3.8) is 0 Å². The monoisotopic (exact) mass is 505 g/mol. The number of aliphatic carboxylic acids is 1. The fraction of sp³-hybridized carbons (Fsp3) is 0.478. The number of ether oxygens (including phenoxy) is 1. The van der Waals surface area contributed by atoms with Gasteiger partial charge < -0.3 is 20.1 Å². The lowest BCUT2D eigenvalue weighted by Gasteiger charge is -2.16. The third-order valence-electron chi connectivity index (χ3n) is 5.48. The molecule has 0 aromatic carbocycles. The molecule has 0 unspecified atom stereocenters. The molecule has 9 heteroatoms. The number of aryl methyl sites for hydroxylation is 3. The molecule has 0 bridgehead atoms. The highest BCUT2D eigenvalue weighted by atomic mass is 79.9. The highest BCUT2D eigenvalue weighted by Crippen LogP contribution is 2.20. The van der Waals surface area contributed by atoms with E-state index in [0.29, 0.717) is 11.1 Å². The molecule has 0 saturated heterocycles. The van der Waals surface area contributed by atoms with E-state index in [1.54, 1.807) is 0 Å². The quantitative estimate of drug-likeness (QED) is 0.403. The molecule has 0 radical (unpaired) electrons. The zero-order chi connectivity index (χ0) is 22.9. The molecule has 2 heterocycles. The van der Waals surface area contributed by atoms with Gasteiger partial charge in [-0.05, 0) is 72.5 Å². The largest absolute Gasteiger partial charge is 0.480 e. The number of fused-ring (bicyclic) bond motifs is 1. The number of rotatable bonds is 11. The summed E-state index contributed by atoms with van der Waals surface area (Å²) in [5.41, 5.74) is 3.38. The minimum Gasteiger partial charge on any atom is -0.480 e. The van der Waals surface area contributed by atoms with E-state index in [1.807, 2.05) is 0 Å². The maximum atomic E-state index is 12.3. The van der Waals surface area contributed by atoms with E-state index >= 15 is 0 Å². The van der Waals surface area contributed by atoms with E-state index in [-0.39, 0.29) is 18.6 Å². The first kappa shape index (κ1) is 24.1. The van der Waals surface area contributed by atoms with Crippen LogP contribution in [0.25, 0.3) is 0 Å². The van der Waals surface area contributed by atoms with Crippen LogP contribution in [-0.4, -0.2) is 46.2 Å². The Bertz CT molecular complexity index is 1010. The van der Waals surface area contributed by atoms with Gasteiger partial charge in [0.25, 0.3) is 5.91 Å². The molecule has 2 aromatic rings. The molecule has 1 amide bonds. The number of amides is 1. The van der Waals surface area contributed by atoms with Gasteiger partial charge in [0.1, 0.15) is 6.04 Å². The molecular weight excluding hydrogens is 478 g/mol. The van der Waals surface area contributed by atoms with Crippen molar-refractivity contribution in [3.8, 4) is 0 Å². The minimum absolute atomic E-state index is 0.0803. The summed E-state index contributed by atoms with van der Waals surface area (Å²) < 4.78 is 5.95. The van der Waals surface area contributed by atoms with Crippen molar-refractivity contribution in [2.24, 2.45) is 0 Å². The predicted molar refractivity (Wildman–Crippen MR) is 123 cm³/mol. The first-order valence-electron chi connectivity index (χ1n) is 10.9. The predicted octanol–water partition coefficient (Wildman–Crippen LogP) is 3.02. The first-order valence-corrected chi connectivity index (χ1v) is 11.7. The number of aromatic amines is 1. The van der Waals surface area contributed by atoms with Crippen LogP contribution in [0.4, 0.5) is 0 Å². The van der Waals surface area contributed by atoms with Gasteiger partial charge >= 0.3 is 5.97 Å². The van der Waals surface area contributed by atoms with Crippen molar-refractivity contribution < 1.29 is 19.4 Å². The first-order chi connectivity index (χ1) is 15.4. The molecule has 32 heavy (non-hydrogen) atoms. The van der Waals surface area contributed by atoms with Crippen LogP contribution in [0.1, 0.15) is 59.4 Å². The lowest BCUT2D eigenvalue weighted by Crippen LogP contribution is -2.42. The summed E-state index contributed by atoms with van der Waals surface area (Å²) >= 11 is 3.17. The van der Waals surface area contributed by atoms with Gasteiger partial charge in [0, 0.05) is 47.8 Å². The van der Waals surface area contributed by atoms with Crippen LogP contribution in [0.5, 0.6) is 0 Å². The second-order valence-corrected chi connectivity index (χ2v) is 8.75. The number of carbonyl (C=O) groups excluding carboxylic acids is 1. The van der Waals surface area contributed by atoms with Gasteiger partial charge in [-0.15, -0.1) is 0 Å². The van der Waals surface area contributed by atoms with Crippen LogP contribution >= 0.6 is 15.9 Å². The molecule has 0 spiro atoms. The van der Waals surface area contributed by atoms with E-state index in [9.17, 15) is 19.5 Å². The Kier molecular flexibility index (Phi) is 8.99. The summed E-state index contributed by atoms with van der Waals surface area (Å²) in [4.78, 5) is 42.4. The van der Waals surface area contributed by atoms with Crippen LogP contribution in [-0.2, 0) is 28.8 Å². The number of hydrogen-bond donors (Lipinski definition) is 3. The van der Waals surface area contributed by atoms with Crippen molar-refractivity contribution in [1.82, 2.24) is 15.3 Å². The standard InChI is InChI=1S/C23H28BrN3O5/c24-18-14-25-21(28)13-17(18)22(29)27-20(23(30)31)10-12-32-11-4-3-6-16-9-8-15-5-1-2-7-19(15)26-16/h8-9,13-14,20H,1-7,10-12H2,(H,25,28)(H,27,29)(H,30,31)/t20-/m0/s1. The molecule has 1 aliphatic rings. The molecule has 3 rings (SSSR count). The van der Waals surface area contributed by atoms with Crippen molar-refractivity contribution >= 4 is 27.8 Å². The van der Waals surface area contributed by atoms with Crippen LogP contribution in [0.15, 0.2) is 33.7 Å². The van der Waals surface area contributed by atoms with E-state index in [0.717, 1.165) is 43.9 Å². The second-order valence-electron chi connectivity index (χ2n) is 7.90. The molecule has 8 nitrogen and oxygen atoms in total. The summed E-state index contributed by atoms with van der Waals surface area (Å²) in [6.45, 7) is 0.732. The molecule has 1 atom stereocenters. The van der Waals surface area contributed by atoms with Gasteiger partial charge in [0.15, 0.2) is 0 Å². The Labute approximate surface area is 194 Å². The van der Waals surface area contributed by atoms with Crippen molar-refractivity contribution in [3.05, 3.63) is 61.7 Å². The molecule has 0 saturated carbocycles. The number of carboxylic acid groups (broad SMARTS) is 1. The number of halogens is 1. The van der Waals surface area contributed by atoms with E-state index in [4.69, 9.17) is 9.72 Å². The summed E-state index contributed by atoms with van der Waals surface area (Å²) in [7, 11) is 0. The Balaban J connectivity index is 1.36. The van der Waals surface area contributed by atoms with Crippen LogP contribution in [0, 0.1) is 0 Å². The van der Waals surface area contributed by atoms with Crippen molar-refractivity contribution in [2.45, 2.75) is 57.4 Å². The zero-order valence-corrected chi connectivity index (χ0v) is 19.4. The van der Waals surface area contributed by atoms with Gasteiger partial charge in [-0.25, -0.2) is 4.79 Å². The highest BCUT2D eigenvalue weighted by molar-refractivity contribution is 9.10. The fourth-order valence-corrected chi connectivity index (χ4v) is 4.11. The number of aromatic nitrogens is 2. The number of H-pyrrole nitrogens is 1. The SMILES string of the molecule is O=C(N[C@@H](CCOCCCCc1ccc2c(n1)CCCC2)C(=O)O)c1cc(=O)[nH]cc1Br. The highest BCUT2D eigenvalue weighted by Gasteiger charge is 2.22. The number of nitrogens with zero attached hydrogens (tertiary/aromatic N) is 1. The van der Waals surface area contributed by atoms with Gasteiger partial charge in [-0.3, -0.25) is 14.6 Å². The average Bonchev–Trinajstić information content (AvgIpc) is 2.78. The van der Waals surface area contributed by atoms with Gasteiger partial charge in [0.2, 0.25) is 5.56 Å². The van der Waals surface area contributed by atoms with Gasteiger partial charge in [-0.2, -0.15) is 0 Å². The smallest absolute Gasteiger partial charge is 0.326 e. The molecule has 1 aliphatic carbocycles. The molecule has 3 N–H and O–H groups in total. The Hall–Kier alpha value is -2.52. The summed E-state index contributed by atoms with van der Waals surface area (Å²) in [6, 6.07) is 4.34. The molecule has 0 fully saturated rings. The zero-order valence-electron chi connectivity index (χ0n) is 17.9. The second kappa shape index (κ2) is 11.9. The van der Waals surface area contributed by atoms with Crippen LogP contribution in [0.3, 0.4) is 0 Å². The third kappa shape index (κ3) is 7.00. The summed E-state index contributed by atoms with van der Waals surface area (Å²) in [5.74, 6) is -1.78. The van der Waals surface area contributed by atoms with E-state index in [1.165, 1.54) is 30.3 Å². The van der Waals surface area contributed by atoms with E-state index in [2.05, 4.69) is 38.4 Å². The number of hydrogen-bond acceptors (Lipinski definition) is 5. The Morgan fingerprint density at radius 3 is 2.84 bits per heavy atom. The van der Waals surface area contributed by atoms with Gasteiger partial charge in [0.05, 0.1) is 5.56 Å². The minimum atomic E-state index is -1.15. The average molecular weight is 506 g/mol. The lowest BCUT2D eigenvalue weighted by molar-refractivity contribution is -0.139. The molecule has 0 aliphatic heterocycles. The number of unbranched alkanes of at least 4 members (excludes halogenated alkanes) is 1.